The maximum absolute atomic E-state index is 12.6. The first kappa shape index (κ1) is 20.3. The Bertz CT molecular complexity index is 1240. The molecule has 154 valence electrons. The number of benzene rings is 4. The number of rotatable bonds is 2. The fourth-order valence-corrected chi connectivity index (χ4v) is 5.30. The Morgan fingerprint density at radius 2 is 1.03 bits per heavy atom. The van der Waals surface area contributed by atoms with Crippen LogP contribution in [0.25, 0.3) is 11.1 Å². The molecule has 0 spiro atoms. The molecule has 0 radical (unpaired) electrons. The van der Waals surface area contributed by atoms with Crippen molar-refractivity contribution in [2.75, 3.05) is 0 Å². The lowest BCUT2D eigenvalue weighted by molar-refractivity contribution is 0.117. The van der Waals surface area contributed by atoms with Gasteiger partial charge in [0.2, 0.25) is 0 Å². The molecule has 3 heteroatoms. The number of aliphatic hydroxyl groups is 1. The van der Waals surface area contributed by atoms with Crippen molar-refractivity contribution in [3.8, 4) is 11.1 Å². The van der Waals surface area contributed by atoms with Crippen LogP contribution in [-0.2, 0) is 11.0 Å². The van der Waals surface area contributed by atoms with Crippen LogP contribution in [0.4, 0.5) is 0 Å². The molecule has 0 heterocycles. The van der Waals surface area contributed by atoms with Gasteiger partial charge in [0, 0.05) is 11.0 Å². The number of halogens is 2. The molecule has 0 aromatic heterocycles. The van der Waals surface area contributed by atoms with Crippen molar-refractivity contribution in [1.82, 2.24) is 0 Å². The van der Waals surface area contributed by atoms with E-state index in [-0.39, 0.29) is 5.41 Å². The zero-order valence-corrected chi connectivity index (χ0v) is 18.9. The third-order valence-electron chi connectivity index (χ3n) is 6.52. The summed E-state index contributed by atoms with van der Waals surface area (Å²) < 4.78 is 0. The quantitative estimate of drug-likeness (QED) is 0.337. The lowest BCUT2D eigenvalue weighted by atomic mass is 9.61. The van der Waals surface area contributed by atoms with Crippen molar-refractivity contribution in [1.29, 1.82) is 0 Å². The Labute approximate surface area is 192 Å². The normalized spacial score (nSPS) is 15.8. The van der Waals surface area contributed by atoms with E-state index in [1.54, 1.807) is 0 Å². The van der Waals surface area contributed by atoms with Gasteiger partial charge in [0.25, 0.3) is 0 Å². The van der Waals surface area contributed by atoms with E-state index in [9.17, 15) is 5.11 Å². The molecule has 0 saturated heterocycles. The SMILES string of the molecule is CC1(C)c2ccccc2C(O)(c2cc(Cl)c(Cl)cc2-c2ccccc2)c2ccccc21. The molecule has 1 aliphatic carbocycles. The van der Waals surface area contributed by atoms with E-state index in [1.807, 2.05) is 78.9 Å². The molecule has 1 N–H and O–H groups in total. The van der Waals surface area contributed by atoms with Crippen molar-refractivity contribution in [2.24, 2.45) is 0 Å². The summed E-state index contributed by atoms with van der Waals surface area (Å²) in [6.07, 6.45) is 0. The van der Waals surface area contributed by atoms with Crippen LogP contribution in [0.15, 0.2) is 91.0 Å². The number of fused-ring (bicyclic) bond motifs is 2. The van der Waals surface area contributed by atoms with Gasteiger partial charge in [-0.25, -0.2) is 0 Å². The second kappa shape index (κ2) is 7.24. The van der Waals surface area contributed by atoms with Gasteiger partial charge in [-0.1, -0.05) is 116 Å². The predicted octanol–water partition coefficient (Wildman–Crippen LogP) is 7.58. The first-order valence-electron chi connectivity index (χ1n) is 10.3. The van der Waals surface area contributed by atoms with E-state index in [2.05, 4.69) is 26.0 Å². The smallest absolute Gasteiger partial charge is 0.141 e. The molecule has 1 aliphatic rings. The molecule has 4 aromatic carbocycles. The van der Waals surface area contributed by atoms with Gasteiger partial charge < -0.3 is 5.11 Å². The van der Waals surface area contributed by atoms with Crippen molar-refractivity contribution < 1.29 is 5.11 Å². The minimum Gasteiger partial charge on any atom is -0.376 e. The van der Waals surface area contributed by atoms with Crippen molar-refractivity contribution in [3.05, 3.63) is 129 Å². The Morgan fingerprint density at radius 3 is 1.58 bits per heavy atom. The monoisotopic (exact) mass is 444 g/mol. The molecule has 0 saturated carbocycles. The Hall–Kier alpha value is -2.58. The summed E-state index contributed by atoms with van der Waals surface area (Å²) in [4.78, 5) is 0. The van der Waals surface area contributed by atoms with E-state index in [1.165, 1.54) is 0 Å². The van der Waals surface area contributed by atoms with Gasteiger partial charge in [0.05, 0.1) is 10.0 Å². The first-order chi connectivity index (χ1) is 14.8. The van der Waals surface area contributed by atoms with Gasteiger partial charge in [-0.05, 0) is 45.5 Å². The van der Waals surface area contributed by atoms with Crippen LogP contribution < -0.4 is 0 Å². The topological polar surface area (TPSA) is 20.2 Å². The van der Waals surface area contributed by atoms with E-state index in [0.717, 1.165) is 38.9 Å². The Morgan fingerprint density at radius 1 is 0.581 bits per heavy atom. The van der Waals surface area contributed by atoms with Crippen LogP contribution in [0.1, 0.15) is 41.7 Å². The molecule has 5 rings (SSSR count). The number of hydrogen-bond acceptors (Lipinski definition) is 1. The molecule has 31 heavy (non-hydrogen) atoms. The molecule has 4 aromatic rings. The molecule has 0 amide bonds. The molecule has 0 bridgehead atoms. The maximum atomic E-state index is 12.6. The lowest BCUT2D eigenvalue weighted by Gasteiger charge is -2.45. The van der Waals surface area contributed by atoms with Gasteiger partial charge in [-0.15, -0.1) is 0 Å². The summed E-state index contributed by atoms with van der Waals surface area (Å²) >= 11 is 13.0. The van der Waals surface area contributed by atoms with Crippen molar-refractivity contribution in [2.45, 2.75) is 24.9 Å². The van der Waals surface area contributed by atoms with Gasteiger partial charge in [-0.2, -0.15) is 0 Å². The highest BCUT2D eigenvalue weighted by Gasteiger charge is 2.47. The Kier molecular flexibility index (Phi) is 4.75. The molecule has 0 atom stereocenters. The molecular weight excluding hydrogens is 423 g/mol. The summed E-state index contributed by atoms with van der Waals surface area (Å²) in [6.45, 7) is 4.41. The largest absolute Gasteiger partial charge is 0.376 e. The zero-order valence-electron chi connectivity index (χ0n) is 17.4. The van der Waals surface area contributed by atoms with Gasteiger partial charge >= 0.3 is 0 Å². The van der Waals surface area contributed by atoms with Crippen LogP contribution in [0, 0.1) is 0 Å². The molecule has 0 fully saturated rings. The fraction of sp³-hybridized carbons (Fsp3) is 0.143. The van der Waals surface area contributed by atoms with E-state index in [0.29, 0.717) is 10.0 Å². The summed E-state index contributed by atoms with van der Waals surface area (Å²) in [5.41, 5.74) is 4.88. The third kappa shape index (κ3) is 2.96. The minimum atomic E-state index is -1.37. The first-order valence-corrected chi connectivity index (χ1v) is 11.1. The predicted molar refractivity (Wildman–Crippen MR) is 129 cm³/mol. The molecule has 1 nitrogen and oxygen atoms in total. The molecule has 0 aliphatic heterocycles. The summed E-state index contributed by atoms with van der Waals surface area (Å²) in [6, 6.07) is 29.9. The van der Waals surface area contributed by atoms with Crippen LogP contribution in [0.3, 0.4) is 0 Å². The van der Waals surface area contributed by atoms with Crippen molar-refractivity contribution >= 4 is 23.2 Å². The highest BCUT2D eigenvalue weighted by molar-refractivity contribution is 6.42. The van der Waals surface area contributed by atoms with Crippen LogP contribution in [0.5, 0.6) is 0 Å². The van der Waals surface area contributed by atoms with Crippen LogP contribution in [0.2, 0.25) is 10.0 Å². The summed E-state index contributed by atoms with van der Waals surface area (Å²) in [5.74, 6) is 0. The van der Waals surface area contributed by atoms with E-state index >= 15 is 0 Å². The number of hydrogen-bond donors (Lipinski definition) is 1. The summed E-state index contributed by atoms with van der Waals surface area (Å²) in [7, 11) is 0. The second-order valence-corrected chi connectivity index (χ2v) is 9.42. The summed E-state index contributed by atoms with van der Waals surface area (Å²) in [5, 5.41) is 13.5. The van der Waals surface area contributed by atoms with Crippen LogP contribution >= 0.6 is 23.2 Å². The zero-order chi connectivity index (χ0) is 21.8. The van der Waals surface area contributed by atoms with Gasteiger partial charge in [0.15, 0.2) is 0 Å². The fourth-order valence-electron chi connectivity index (χ4n) is 4.97. The average Bonchev–Trinajstić information content (AvgIpc) is 2.80. The van der Waals surface area contributed by atoms with E-state index in [4.69, 9.17) is 23.2 Å². The van der Waals surface area contributed by atoms with Crippen molar-refractivity contribution in [3.63, 3.8) is 0 Å². The van der Waals surface area contributed by atoms with Gasteiger partial charge in [-0.3, -0.25) is 0 Å². The molecular formula is C28H22Cl2O. The highest BCUT2D eigenvalue weighted by Crippen LogP contribution is 2.53. The third-order valence-corrected chi connectivity index (χ3v) is 7.24. The van der Waals surface area contributed by atoms with Crippen LogP contribution in [-0.4, -0.2) is 5.11 Å². The Balaban J connectivity index is 1.92. The van der Waals surface area contributed by atoms with Gasteiger partial charge in [0.1, 0.15) is 5.60 Å². The minimum absolute atomic E-state index is 0.247. The molecule has 0 unspecified atom stereocenters. The standard InChI is InChI=1S/C28H22Cl2O/c1-27(2)20-12-6-8-14-22(20)28(31,23-15-9-7-13-21(23)27)24-17-26(30)25(29)16-19(24)18-10-4-3-5-11-18/h3-17,31H,1-2H3. The second-order valence-electron chi connectivity index (χ2n) is 8.60. The van der Waals surface area contributed by atoms with E-state index < -0.39 is 5.60 Å². The maximum Gasteiger partial charge on any atom is 0.141 e. The highest BCUT2D eigenvalue weighted by atomic mass is 35.5. The lowest BCUT2D eigenvalue weighted by Crippen LogP contribution is -2.41. The average molecular weight is 445 g/mol.